The number of nitrogens with two attached hydrogens (primary N) is 1. The van der Waals surface area contributed by atoms with Crippen molar-refractivity contribution >= 4 is 11.8 Å². The van der Waals surface area contributed by atoms with Crippen LogP contribution in [0.15, 0.2) is 18.3 Å². The van der Waals surface area contributed by atoms with Crippen LogP contribution < -0.4 is 5.73 Å². The van der Waals surface area contributed by atoms with Gasteiger partial charge in [-0.3, -0.25) is 4.98 Å². The predicted octanol–water partition coefficient (Wildman–Crippen LogP) is 0.741. The number of amides is 1. The summed E-state index contributed by atoms with van der Waals surface area (Å²) in [6.45, 7) is 1.07. The smallest absolute Gasteiger partial charge is 0.407 e. The van der Waals surface area contributed by atoms with Crippen LogP contribution in [0, 0.1) is 0 Å². The van der Waals surface area contributed by atoms with E-state index in [9.17, 15) is 4.79 Å². The molecule has 0 spiro atoms. The highest BCUT2D eigenvalue weighted by atomic mass is 16.4. The van der Waals surface area contributed by atoms with Gasteiger partial charge in [0.2, 0.25) is 0 Å². The number of anilines is 1. The van der Waals surface area contributed by atoms with Gasteiger partial charge in [-0.25, -0.2) is 4.79 Å². The molecule has 14 heavy (non-hydrogen) atoms. The highest BCUT2D eigenvalue weighted by Crippen LogP contribution is 2.25. The molecule has 74 valence electrons. The van der Waals surface area contributed by atoms with E-state index in [4.69, 9.17) is 10.8 Å². The summed E-state index contributed by atoms with van der Waals surface area (Å²) in [6.07, 6.45) is 0.732. The van der Waals surface area contributed by atoms with Gasteiger partial charge >= 0.3 is 6.09 Å². The molecule has 0 saturated carbocycles. The molecule has 0 bridgehead atoms. The first-order valence-corrected chi connectivity index (χ1v) is 4.36. The molecule has 1 aliphatic heterocycles. The quantitative estimate of drug-likeness (QED) is 0.689. The van der Waals surface area contributed by atoms with Crippen LogP contribution in [0.3, 0.4) is 0 Å². The van der Waals surface area contributed by atoms with Gasteiger partial charge in [0.05, 0.1) is 11.9 Å². The molecule has 1 saturated heterocycles. The Hall–Kier alpha value is -1.78. The Morgan fingerprint density at radius 2 is 2.29 bits per heavy atom. The van der Waals surface area contributed by atoms with Crippen LogP contribution in [0.1, 0.15) is 11.6 Å². The molecule has 5 nitrogen and oxygen atoms in total. The fourth-order valence-corrected chi connectivity index (χ4v) is 1.48. The van der Waals surface area contributed by atoms with Gasteiger partial charge in [-0.15, -0.1) is 0 Å². The second-order valence-corrected chi connectivity index (χ2v) is 3.40. The number of hydrogen-bond acceptors (Lipinski definition) is 3. The van der Waals surface area contributed by atoms with E-state index in [1.807, 2.05) is 6.07 Å². The number of likely N-dealkylation sites (tertiary alicyclic amines) is 1. The zero-order chi connectivity index (χ0) is 10.1. The predicted molar refractivity (Wildman–Crippen MR) is 51.0 cm³/mol. The number of pyridine rings is 1. The van der Waals surface area contributed by atoms with Gasteiger partial charge < -0.3 is 15.7 Å². The van der Waals surface area contributed by atoms with Crippen molar-refractivity contribution in [2.75, 3.05) is 18.8 Å². The van der Waals surface area contributed by atoms with Crippen molar-refractivity contribution in [1.29, 1.82) is 0 Å². The maximum absolute atomic E-state index is 10.5. The Bertz CT molecular complexity index is 344. The minimum Gasteiger partial charge on any atom is -0.465 e. The first-order chi connectivity index (χ1) is 6.66. The summed E-state index contributed by atoms with van der Waals surface area (Å²) >= 11 is 0. The van der Waals surface area contributed by atoms with Crippen molar-refractivity contribution in [2.24, 2.45) is 0 Å². The summed E-state index contributed by atoms with van der Waals surface area (Å²) in [5.74, 6) is 0.228. The van der Waals surface area contributed by atoms with Gasteiger partial charge in [0.25, 0.3) is 0 Å². The number of aromatic nitrogens is 1. The molecule has 0 aromatic carbocycles. The lowest BCUT2D eigenvalue weighted by Gasteiger charge is -2.36. The average Bonchev–Trinajstić information content (AvgIpc) is 2.05. The van der Waals surface area contributed by atoms with Crippen molar-refractivity contribution in [2.45, 2.75) is 5.92 Å². The summed E-state index contributed by atoms with van der Waals surface area (Å²) < 4.78 is 0. The van der Waals surface area contributed by atoms with Gasteiger partial charge in [0, 0.05) is 24.7 Å². The number of carbonyl (C=O) groups is 1. The minimum atomic E-state index is -0.864. The van der Waals surface area contributed by atoms with Gasteiger partial charge in [-0.1, -0.05) is 0 Å². The molecule has 1 fully saturated rings. The maximum Gasteiger partial charge on any atom is 0.407 e. The van der Waals surface area contributed by atoms with Crippen LogP contribution >= 0.6 is 0 Å². The Labute approximate surface area is 81.2 Å². The second kappa shape index (κ2) is 3.17. The third kappa shape index (κ3) is 1.48. The summed E-state index contributed by atoms with van der Waals surface area (Å²) in [5, 5.41) is 8.63. The number of hydrogen-bond donors (Lipinski definition) is 2. The maximum atomic E-state index is 10.5. The molecular weight excluding hydrogens is 182 g/mol. The van der Waals surface area contributed by atoms with Gasteiger partial charge in [0.1, 0.15) is 0 Å². The number of nitrogen functional groups attached to an aromatic ring is 1. The first-order valence-electron chi connectivity index (χ1n) is 4.36. The molecule has 1 aliphatic rings. The monoisotopic (exact) mass is 193 g/mol. The van der Waals surface area contributed by atoms with E-state index in [1.165, 1.54) is 4.90 Å². The van der Waals surface area contributed by atoms with Gasteiger partial charge in [0.15, 0.2) is 0 Å². The fraction of sp³-hybridized carbons (Fsp3) is 0.333. The Morgan fingerprint density at radius 3 is 2.79 bits per heavy atom. The highest BCUT2D eigenvalue weighted by molar-refractivity contribution is 5.66. The molecular formula is C9H11N3O2. The lowest BCUT2D eigenvalue weighted by atomic mass is 9.96. The van der Waals surface area contributed by atoms with Crippen molar-refractivity contribution in [3.05, 3.63) is 24.0 Å². The highest BCUT2D eigenvalue weighted by Gasteiger charge is 2.32. The number of nitrogens with zero attached hydrogens (tertiary/aromatic N) is 2. The average molecular weight is 193 g/mol. The Morgan fingerprint density at radius 1 is 1.57 bits per heavy atom. The molecule has 0 atom stereocenters. The number of rotatable bonds is 1. The molecule has 1 aromatic heterocycles. The standard InChI is InChI=1S/C9H11N3O2/c10-7-1-2-8(11-3-7)6-4-12(5-6)9(13)14/h1-3,6H,4-5,10H2,(H,13,14). The molecule has 5 heteroatoms. The lowest BCUT2D eigenvalue weighted by Crippen LogP contribution is -2.48. The molecule has 0 radical (unpaired) electrons. The van der Waals surface area contributed by atoms with E-state index in [0.717, 1.165) is 5.69 Å². The summed E-state index contributed by atoms with van der Waals surface area (Å²) in [5.41, 5.74) is 7.04. The summed E-state index contributed by atoms with van der Waals surface area (Å²) in [4.78, 5) is 16.0. The lowest BCUT2D eigenvalue weighted by molar-refractivity contribution is 0.104. The van der Waals surface area contributed by atoms with Gasteiger partial charge in [-0.2, -0.15) is 0 Å². The molecule has 3 N–H and O–H groups in total. The van der Waals surface area contributed by atoms with Crippen LogP contribution in [0.25, 0.3) is 0 Å². The van der Waals surface area contributed by atoms with E-state index in [1.54, 1.807) is 12.3 Å². The van der Waals surface area contributed by atoms with Crippen LogP contribution in [-0.2, 0) is 0 Å². The Balaban J connectivity index is 2.00. The zero-order valence-corrected chi connectivity index (χ0v) is 7.55. The fourth-order valence-electron chi connectivity index (χ4n) is 1.48. The van der Waals surface area contributed by atoms with Gasteiger partial charge in [-0.05, 0) is 12.1 Å². The third-order valence-electron chi connectivity index (χ3n) is 2.38. The summed E-state index contributed by atoms with van der Waals surface area (Å²) in [6, 6.07) is 3.63. The largest absolute Gasteiger partial charge is 0.465 e. The summed E-state index contributed by atoms with van der Waals surface area (Å²) in [7, 11) is 0. The zero-order valence-electron chi connectivity index (χ0n) is 7.55. The SMILES string of the molecule is Nc1ccc(C2CN(C(=O)O)C2)nc1. The molecule has 2 rings (SSSR count). The van der Waals surface area contributed by atoms with Crippen LogP contribution in [0.2, 0.25) is 0 Å². The molecule has 0 unspecified atom stereocenters. The van der Waals surface area contributed by atoms with E-state index >= 15 is 0 Å². The first kappa shape index (κ1) is 8.80. The topological polar surface area (TPSA) is 79.5 Å². The minimum absolute atomic E-state index is 0.228. The van der Waals surface area contributed by atoms with Crippen LogP contribution in [-0.4, -0.2) is 34.2 Å². The molecule has 2 heterocycles. The molecule has 1 amide bonds. The van der Waals surface area contributed by atoms with E-state index in [-0.39, 0.29) is 5.92 Å². The van der Waals surface area contributed by atoms with Crippen LogP contribution in [0.5, 0.6) is 0 Å². The molecule has 0 aliphatic carbocycles. The van der Waals surface area contributed by atoms with Crippen LogP contribution in [0.4, 0.5) is 10.5 Å². The molecule has 1 aromatic rings. The van der Waals surface area contributed by atoms with Crippen molar-refractivity contribution in [3.8, 4) is 0 Å². The third-order valence-corrected chi connectivity index (χ3v) is 2.38. The van der Waals surface area contributed by atoms with E-state index in [0.29, 0.717) is 18.8 Å². The number of carboxylic acid groups (broad SMARTS) is 1. The van der Waals surface area contributed by atoms with E-state index < -0.39 is 6.09 Å². The van der Waals surface area contributed by atoms with E-state index in [2.05, 4.69) is 4.98 Å². The Kier molecular flexibility index (Phi) is 1.99. The van der Waals surface area contributed by atoms with Crippen molar-refractivity contribution in [1.82, 2.24) is 9.88 Å². The second-order valence-electron chi connectivity index (χ2n) is 3.40. The van der Waals surface area contributed by atoms with Crippen molar-refractivity contribution < 1.29 is 9.90 Å². The van der Waals surface area contributed by atoms with Crippen molar-refractivity contribution in [3.63, 3.8) is 0 Å². The normalized spacial score (nSPS) is 16.4.